The van der Waals surface area contributed by atoms with Gasteiger partial charge < -0.3 is 4.74 Å². The average Bonchev–Trinajstić information content (AvgIpc) is 2.56. The highest BCUT2D eigenvalue weighted by molar-refractivity contribution is 7.86. The maximum atomic E-state index is 11.6. The van der Waals surface area contributed by atoms with Gasteiger partial charge >= 0.3 is 0 Å². The first-order valence-electron chi connectivity index (χ1n) is 4.70. The highest BCUT2D eigenvalue weighted by Crippen LogP contribution is 2.14. The summed E-state index contributed by atoms with van der Waals surface area (Å²) in [4.78, 5) is 0. The largest absolute Gasteiger partial charge is 0.377 e. The summed E-state index contributed by atoms with van der Waals surface area (Å²) in [7, 11) is 1.36. The predicted octanol–water partition coefficient (Wildman–Crippen LogP) is -0.0964. The summed E-state index contributed by atoms with van der Waals surface area (Å²) in [5, 5.41) is 0. The van der Waals surface area contributed by atoms with E-state index in [9.17, 15) is 8.42 Å². The van der Waals surface area contributed by atoms with Crippen molar-refractivity contribution < 1.29 is 13.2 Å². The number of rotatable bonds is 4. The number of likely N-dealkylation sites (N-methyl/N-ethyl adjacent to an activating group) is 1. The molecule has 1 atom stereocenters. The number of nitrogens with zero attached hydrogens (tertiary/aromatic N) is 2. The molecule has 1 aliphatic rings. The molecule has 84 valence electrons. The lowest BCUT2D eigenvalue weighted by Crippen LogP contribution is -2.41. The fourth-order valence-corrected chi connectivity index (χ4v) is 2.36. The number of hydrogen-bond donors (Lipinski definition) is 0. The van der Waals surface area contributed by atoms with E-state index in [0.717, 1.165) is 19.4 Å². The molecule has 0 aliphatic carbocycles. The van der Waals surface area contributed by atoms with Crippen LogP contribution < -0.4 is 0 Å². The zero-order chi connectivity index (χ0) is 10.8. The molecular formula is C8H18N2O3S. The minimum atomic E-state index is -3.28. The van der Waals surface area contributed by atoms with Gasteiger partial charge in [-0.3, -0.25) is 0 Å². The van der Waals surface area contributed by atoms with Gasteiger partial charge in [-0.1, -0.05) is 0 Å². The van der Waals surface area contributed by atoms with Crippen LogP contribution in [0.4, 0.5) is 0 Å². The highest BCUT2D eigenvalue weighted by Gasteiger charge is 2.25. The molecule has 0 bridgehead atoms. The molecular weight excluding hydrogens is 204 g/mol. The van der Waals surface area contributed by atoms with Crippen LogP contribution in [-0.2, 0) is 14.9 Å². The second kappa shape index (κ2) is 4.57. The van der Waals surface area contributed by atoms with Gasteiger partial charge in [0.25, 0.3) is 10.2 Å². The fourth-order valence-electron chi connectivity index (χ4n) is 1.45. The van der Waals surface area contributed by atoms with Crippen molar-refractivity contribution in [2.75, 3.05) is 34.3 Å². The summed E-state index contributed by atoms with van der Waals surface area (Å²) in [6, 6.07) is 0. The van der Waals surface area contributed by atoms with E-state index in [1.807, 2.05) is 0 Å². The van der Waals surface area contributed by atoms with Crippen LogP contribution >= 0.6 is 0 Å². The molecule has 1 heterocycles. The van der Waals surface area contributed by atoms with Gasteiger partial charge in [0.05, 0.1) is 6.10 Å². The van der Waals surface area contributed by atoms with Crippen LogP contribution in [0.15, 0.2) is 0 Å². The van der Waals surface area contributed by atoms with Crippen molar-refractivity contribution in [2.45, 2.75) is 18.9 Å². The first-order valence-corrected chi connectivity index (χ1v) is 6.09. The van der Waals surface area contributed by atoms with Crippen LogP contribution in [-0.4, -0.2) is 57.4 Å². The van der Waals surface area contributed by atoms with Crippen LogP contribution in [0.25, 0.3) is 0 Å². The molecule has 0 spiro atoms. The Kier molecular flexibility index (Phi) is 3.88. The Bertz CT molecular complexity index is 270. The van der Waals surface area contributed by atoms with E-state index in [0.29, 0.717) is 6.54 Å². The van der Waals surface area contributed by atoms with Gasteiger partial charge in [0, 0.05) is 34.3 Å². The van der Waals surface area contributed by atoms with Crippen LogP contribution in [0.2, 0.25) is 0 Å². The van der Waals surface area contributed by atoms with E-state index >= 15 is 0 Å². The maximum Gasteiger partial charge on any atom is 0.281 e. The first kappa shape index (κ1) is 11.9. The molecule has 0 aromatic carbocycles. The Labute approximate surface area is 85.8 Å². The molecule has 1 rings (SSSR count). The molecule has 5 nitrogen and oxygen atoms in total. The Morgan fingerprint density at radius 2 is 2.00 bits per heavy atom. The van der Waals surface area contributed by atoms with E-state index in [1.54, 1.807) is 7.05 Å². The summed E-state index contributed by atoms with van der Waals surface area (Å²) in [5.74, 6) is 0. The van der Waals surface area contributed by atoms with E-state index in [4.69, 9.17) is 4.74 Å². The molecule has 1 unspecified atom stereocenters. The number of hydrogen-bond acceptors (Lipinski definition) is 3. The summed E-state index contributed by atoms with van der Waals surface area (Å²) in [6.45, 7) is 1.20. The minimum absolute atomic E-state index is 0.0646. The van der Waals surface area contributed by atoms with Gasteiger partial charge in [0.1, 0.15) is 0 Å². The summed E-state index contributed by atoms with van der Waals surface area (Å²) < 4.78 is 31.1. The van der Waals surface area contributed by atoms with Crippen LogP contribution in [0.3, 0.4) is 0 Å². The Morgan fingerprint density at radius 1 is 1.36 bits per heavy atom. The van der Waals surface area contributed by atoms with Crippen molar-refractivity contribution >= 4 is 10.2 Å². The van der Waals surface area contributed by atoms with Crippen molar-refractivity contribution in [3.05, 3.63) is 0 Å². The monoisotopic (exact) mass is 222 g/mol. The standard InChI is InChI=1S/C8H18N2O3S/c1-9(2)14(11,12)10(3)7-8-5-4-6-13-8/h8H,4-7H2,1-3H3. The molecule has 6 heteroatoms. The zero-order valence-corrected chi connectivity index (χ0v) is 9.75. The lowest BCUT2D eigenvalue weighted by Gasteiger charge is -2.23. The van der Waals surface area contributed by atoms with Crippen molar-refractivity contribution in [1.29, 1.82) is 0 Å². The molecule has 0 saturated carbocycles. The molecule has 0 aromatic rings. The molecule has 1 fully saturated rings. The van der Waals surface area contributed by atoms with Crippen LogP contribution in [0, 0.1) is 0 Å². The predicted molar refractivity (Wildman–Crippen MR) is 54.2 cm³/mol. The SMILES string of the molecule is CN(C)S(=O)(=O)N(C)CC1CCCO1. The van der Waals surface area contributed by atoms with E-state index in [1.165, 1.54) is 22.7 Å². The Hall–Kier alpha value is -0.170. The Balaban J connectivity index is 2.52. The molecule has 14 heavy (non-hydrogen) atoms. The minimum Gasteiger partial charge on any atom is -0.377 e. The normalized spacial score (nSPS) is 23.6. The third kappa shape index (κ3) is 2.66. The third-order valence-corrected chi connectivity index (χ3v) is 4.20. The maximum absolute atomic E-state index is 11.6. The molecule has 0 radical (unpaired) electrons. The summed E-state index contributed by atoms with van der Waals surface area (Å²) in [5.41, 5.74) is 0. The molecule has 1 aliphatic heterocycles. The van der Waals surface area contributed by atoms with Crippen LogP contribution in [0.1, 0.15) is 12.8 Å². The van der Waals surface area contributed by atoms with Gasteiger partial charge in [-0.05, 0) is 12.8 Å². The second-order valence-corrected chi connectivity index (χ2v) is 5.96. The quantitative estimate of drug-likeness (QED) is 0.667. The van der Waals surface area contributed by atoms with Crippen LogP contribution in [0.5, 0.6) is 0 Å². The van der Waals surface area contributed by atoms with Crippen molar-refractivity contribution in [1.82, 2.24) is 8.61 Å². The number of ether oxygens (including phenoxy) is 1. The highest BCUT2D eigenvalue weighted by atomic mass is 32.2. The zero-order valence-electron chi connectivity index (χ0n) is 8.93. The van der Waals surface area contributed by atoms with E-state index < -0.39 is 10.2 Å². The molecule has 0 N–H and O–H groups in total. The summed E-state index contributed by atoms with van der Waals surface area (Å²) >= 11 is 0. The Morgan fingerprint density at radius 3 is 2.43 bits per heavy atom. The lowest BCUT2D eigenvalue weighted by molar-refractivity contribution is 0.0969. The van der Waals surface area contributed by atoms with Gasteiger partial charge in [0.15, 0.2) is 0 Å². The second-order valence-electron chi connectivity index (χ2n) is 3.71. The molecule has 0 amide bonds. The smallest absolute Gasteiger partial charge is 0.281 e. The fraction of sp³-hybridized carbons (Fsp3) is 1.00. The van der Waals surface area contributed by atoms with E-state index in [-0.39, 0.29) is 6.10 Å². The van der Waals surface area contributed by atoms with E-state index in [2.05, 4.69) is 0 Å². The molecule has 0 aromatic heterocycles. The van der Waals surface area contributed by atoms with Gasteiger partial charge in [-0.25, -0.2) is 0 Å². The van der Waals surface area contributed by atoms with Crippen molar-refractivity contribution in [3.63, 3.8) is 0 Å². The van der Waals surface area contributed by atoms with Gasteiger partial charge in [-0.15, -0.1) is 0 Å². The van der Waals surface area contributed by atoms with Crippen molar-refractivity contribution in [2.24, 2.45) is 0 Å². The summed E-state index contributed by atoms with van der Waals surface area (Å²) in [6.07, 6.45) is 2.04. The third-order valence-electron chi connectivity index (χ3n) is 2.34. The first-order chi connectivity index (χ1) is 6.44. The van der Waals surface area contributed by atoms with Gasteiger partial charge in [0.2, 0.25) is 0 Å². The van der Waals surface area contributed by atoms with Crippen molar-refractivity contribution in [3.8, 4) is 0 Å². The van der Waals surface area contributed by atoms with Gasteiger partial charge in [-0.2, -0.15) is 17.0 Å². The lowest BCUT2D eigenvalue weighted by atomic mass is 10.2. The molecule has 1 saturated heterocycles. The average molecular weight is 222 g/mol. The topological polar surface area (TPSA) is 49.9 Å².